The van der Waals surface area contributed by atoms with Crippen LogP contribution < -0.4 is 20.1 Å². The third kappa shape index (κ3) is 6.43. The van der Waals surface area contributed by atoms with Crippen molar-refractivity contribution in [2.75, 3.05) is 13.7 Å². The number of benzene rings is 2. The van der Waals surface area contributed by atoms with E-state index in [2.05, 4.69) is 25.3 Å². The average Bonchev–Trinajstić information content (AvgIpc) is 3.26. The number of oxazole rings is 1. The van der Waals surface area contributed by atoms with E-state index in [4.69, 9.17) is 9.15 Å². The quantitative estimate of drug-likeness (QED) is 0.391. The van der Waals surface area contributed by atoms with E-state index in [0.29, 0.717) is 41.9 Å². The molecule has 0 radical (unpaired) electrons. The molecule has 0 aliphatic rings. The maximum atomic E-state index is 12.7. The third-order valence-corrected chi connectivity index (χ3v) is 4.24. The molecule has 0 spiro atoms. The van der Waals surface area contributed by atoms with Gasteiger partial charge >= 0.3 is 6.61 Å². The van der Waals surface area contributed by atoms with Crippen LogP contribution in [-0.4, -0.2) is 31.2 Å². The largest absolute Gasteiger partial charge is 0.497 e. The standard InChI is InChI=1S/C22H24F2N4O3/c1-3-25-22(26-12-16-11-18(29-2)9-10-19(16)31-21(23)24)27-13-17-14-30-20(28-17)15-7-5-4-6-8-15/h4-11,14,21H,3,12-13H2,1-2H3,(H2,25,26,27). The van der Waals surface area contributed by atoms with E-state index < -0.39 is 6.61 Å². The zero-order valence-electron chi connectivity index (χ0n) is 17.3. The van der Waals surface area contributed by atoms with Crippen molar-refractivity contribution in [3.05, 3.63) is 66.1 Å². The molecule has 0 atom stereocenters. The predicted molar refractivity (Wildman–Crippen MR) is 113 cm³/mol. The first-order chi connectivity index (χ1) is 15.1. The van der Waals surface area contributed by atoms with Crippen LogP contribution in [0, 0.1) is 0 Å². The molecule has 3 rings (SSSR count). The first kappa shape index (κ1) is 22.1. The van der Waals surface area contributed by atoms with Crippen LogP contribution in [0.5, 0.6) is 11.5 Å². The lowest BCUT2D eigenvalue weighted by Crippen LogP contribution is -2.36. The Bertz CT molecular complexity index is 993. The Morgan fingerprint density at radius 1 is 1.16 bits per heavy atom. The topological polar surface area (TPSA) is 80.9 Å². The number of aromatic nitrogens is 1. The van der Waals surface area contributed by atoms with Crippen molar-refractivity contribution in [1.82, 2.24) is 15.6 Å². The lowest BCUT2D eigenvalue weighted by molar-refractivity contribution is -0.0504. The molecule has 0 aliphatic carbocycles. The summed E-state index contributed by atoms with van der Waals surface area (Å²) in [6.07, 6.45) is 1.58. The summed E-state index contributed by atoms with van der Waals surface area (Å²) in [6, 6.07) is 14.2. The maximum absolute atomic E-state index is 12.7. The van der Waals surface area contributed by atoms with Crippen molar-refractivity contribution in [3.8, 4) is 23.0 Å². The molecule has 164 valence electrons. The van der Waals surface area contributed by atoms with Crippen LogP contribution in [0.15, 0.2) is 64.2 Å². The highest BCUT2D eigenvalue weighted by atomic mass is 19.3. The zero-order valence-corrected chi connectivity index (χ0v) is 17.3. The Hall–Kier alpha value is -3.62. The van der Waals surface area contributed by atoms with Crippen LogP contribution in [0.3, 0.4) is 0 Å². The fourth-order valence-corrected chi connectivity index (χ4v) is 2.80. The van der Waals surface area contributed by atoms with Gasteiger partial charge < -0.3 is 24.5 Å². The van der Waals surface area contributed by atoms with Gasteiger partial charge in [-0.05, 0) is 37.3 Å². The summed E-state index contributed by atoms with van der Waals surface area (Å²) in [5.41, 5.74) is 2.07. The number of nitrogens with one attached hydrogen (secondary N) is 2. The van der Waals surface area contributed by atoms with Crippen molar-refractivity contribution in [3.63, 3.8) is 0 Å². The number of guanidine groups is 1. The normalized spacial score (nSPS) is 11.5. The number of methoxy groups -OCH3 is 1. The fraction of sp³-hybridized carbons (Fsp3) is 0.273. The molecule has 0 amide bonds. The number of hydrogen-bond donors (Lipinski definition) is 2. The molecule has 31 heavy (non-hydrogen) atoms. The molecule has 7 nitrogen and oxygen atoms in total. The summed E-state index contributed by atoms with van der Waals surface area (Å²) in [6.45, 7) is 0.118. The molecule has 2 aromatic carbocycles. The summed E-state index contributed by atoms with van der Waals surface area (Å²) < 4.78 is 40.7. The Morgan fingerprint density at radius 3 is 2.68 bits per heavy atom. The predicted octanol–water partition coefficient (Wildman–Crippen LogP) is 4.21. The van der Waals surface area contributed by atoms with Crippen LogP contribution in [0.1, 0.15) is 18.2 Å². The minimum Gasteiger partial charge on any atom is -0.497 e. The summed E-state index contributed by atoms with van der Waals surface area (Å²) in [5, 5.41) is 6.27. The van der Waals surface area contributed by atoms with E-state index in [1.54, 1.807) is 18.4 Å². The summed E-state index contributed by atoms with van der Waals surface area (Å²) in [4.78, 5) is 8.93. The number of aliphatic imine (C=N–C) groups is 1. The van der Waals surface area contributed by atoms with E-state index in [0.717, 1.165) is 5.56 Å². The molecule has 0 unspecified atom stereocenters. The summed E-state index contributed by atoms with van der Waals surface area (Å²) in [7, 11) is 1.50. The number of hydrogen-bond acceptors (Lipinski definition) is 5. The Balaban J connectivity index is 1.69. The molecule has 1 aromatic heterocycles. The Kier molecular flexibility index (Phi) is 7.80. The van der Waals surface area contributed by atoms with Gasteiger partial charge in [-0.15, -0.1) is 0 Å². The number of halogens is 2. The van der Waals surface area contributed by atoms with Crippen molar-refractivity contribution < 1.29 is 22.7 Å². The highest BCUT2D eigenvalue weighted by Crippen LogP contribution is 2.26. The van der Waals surface area contributed by atoms with Crippen molar-refractivity contribution in [2.24, 2.45) is 4.99 Å². The van der Waals surface area contributed by atoms with Crippen molar-refractivity contribution in [2.45, 2.75) is 26.6 Å². The van der Waals surface area contributed by atoms with E-state index in [1.165, 1.54) is 13.2 Å². The summed E-state index contributed by atoms with van der Waals surface area (Å²) in [5.74, 6) is 1.61. The van der Waals surface area contributed by atoms with Crippen LogP contribution >= 0.6 is 0 Å². The SMILES string of the molecule is CCNC(=NCc1cc(OC)ccc1OC(F)F)NCc1coc(-c2ccccc2)n1. The molecule has 0 bridgehead atoms. The Labute approximate surface area is 179 Å². The second-order valence-corrected chi connectivity index (χ2v) is 6.41. The van der Waals surface area contributed by atoms with E-state index in [1.807, 2.05) is 37.3 Å². The Morgan fingerprint density at radius 2 is 1.97 bits per heavy atom. The van der Waals surface area contributed by atoms with E-state index in [9.17, 15) is 8.78 Å². The number of ether oxygens (including phenoxy) is 2. The van der Waals surface area contributed by atoms with Crippen LogP contribution in [-0.2, 0) is 13.1 Å². The number of alkyl halides is 2. The fourth-order valence-electron chi connectivity index (χ4n) is 2.80. The third-order valence-electron chi connectivity index (χ3n) is 4.24. The van der Waals surface area contributed by atoms with Gasteiger partial charge in [-0.3, -0.25) is 0 Å². The summed E-state index contributed by atoms with van der Waals surface area (Å²) >= 11 is 0. The first-order valence-electron chi connectivity index (χ1n) is 9.72. The molecular weight excluding hydrogens is 406 g/mol. The highest BCUT2D eigenvalue weighted by Gasteiger charge is 2.12. The van der Waals surface area contributed by atoms with Gasteiger partial charge in [-0.1, -0.05) is 18.2 Å². The molecule has 0 aliphatic heterocycles. The van der Waals surface area contributed by atoms with E-state index >= 15 is 0 Å². The minimum atomic E-state index is -2.92. The molecule has 0 saturated heterocycles. The highest BCUT2D eigenvalue weighted by molar-refractivity contribution is 5.79. The molecule has 3 aromatic rings. The van der Waals surface area contributed by atoms with Gasteiger partial charge in [-0.2, -0.15) is 8.78 Å². The van der Waals surface area contributed by atoms with Gasteiger partial charge in [0.05, 0.1) is 25.9 Å². The van der Waals surface area contributed by atoms with Gasteiger partial charge in [0.15, 0.2) is 5.96 Å². The molecule has 2 N–H and O–H groups in total. The average molecular weight is 430 g/mol. The second kappa shape index (κ2) is 11.0. The lowest BCUT2D eigenvalue weighted by atomic mass is 10.2. The van der Waals surface area contributed by atoms with Crippen LogP contribution in [0.4, 0.5) is 8.78 Å². The van der Waals surface area contributed by atoms with Gasteiger partial charge in [0, 0.05) is 17.7 Å². The minimum absolute atomic E-state index is 0.0550. The van der Waals surface area contributed by atoms with Crippen molar-refractivity contribution >= 4 is 5.96 Å². The molecule has 1 heterocycles. The zero-order chi connectivity index (χ0) is 22.1. The van der Waals surface area contributed by atoms with Gasteiger partial charge in [0.2, 0.25) is 5.89 Å². The van der Waals surface area contributed by atoms with Crippen LogP contribution in [0.2, 0.25) is 0 Å². The smallest absolute Gasteiger partial charge is 0.387 e. The second-order valence-electron chi connectivity index (χ2n) is 6.41. The van der Waals surface area contributed by atoms with Gasteiger partial charge in [-0.25, -0.2) is 9.98 Å². The molecule has 9 heteroatoms. The van der Waals surface area contributed by atoms with Crippen LogP contribution in [0.25, 0.3) is 11.5 Å². The van der Waals surface area contributed by atoms with E-state index in [-0.39, 0.29) is 12.3 Å². The monoisotopic (exact) mass is 430 g/mol. The van der Waals surface area contributed by atoms with Crippen molar-refractivity contribution in [1.29, 1.82) is 0 Å². The molecule has 0 fully saturated rings. The van der Waals surface area contributed by atoms with Gasteiger partial charge in [0.25, 0.3) is 0 Å². The lowest BCUT2D eigenvalue weighted by Gasteiger charge is -2.13. The first-order valence-corrected chi connectivity index (χ1v) is 9.72. The number of nitrogens with zero attached hydrogens (tertiary/aromatic N) is 2. The molecular formula is C22H24F2N4O3. The molecule has 0 saturated carbocycles. The number of rotatable bonds is 9. The maximum Gasteiger partial charge on any atom is 0.387 e. The van der Waals surface area contributed by atoms with Gasteiger partial charge in [0.1, 0.15) is 17.8 Å².